The molecule has 146 valence electrons. The maximum absolute atomic E-state index is 13.9. The van der Waals surface area contributed by atoms with E-state index in [9.17, 15) is 30.7 Å². The summed E-state index contributed by atoms with van der Waals surface area (Å²) in [6, 6.07) is 4.71. The Morgan fingerprint density at radius 2 is 1.31 bits per heavy atom. The fraction of sp³-hybridized carbons (Fsp3) is 0.625. The Morgan fingerprint density at radius 1 is 0.846 bits per heavy atom. The van der Waals surface area contributed by atoms with E-state index in [2.05, 4.69) is 0 Å². The smallest absolute Gasteiger partial charge is 0.399 e. The van der Waals surface area contributed by atoms with Gasteiger partial charge in [0, 0.05) is 6.42 Å². The molecule has 0 radical (unpaired) electrons. The fourth-order valence-electron chi connectivity index (χ4n) is 2.47. The van der Waals surface area contributed by atoms with Crippen LogP contribution in [0.2, 0.25) is 0 Å². The first-order valence-corrected chi connectivity index (χ1v) is 7.77. The molecule has 0 spiro atoms. The van der Waals surface area contributed by atoms with Crippen LogP contribution < -0.4 is 5.46 Å². The van der Waals surface area contributed by atoms with Crippen molar-refractivity contribution in [3.8, 4) is 0 Å². The molecule has 1 aromatic carbocycles. The van der Waals surface area contributed by atoms with Crippen LogP contribution in [-0.2, 0) is 15.7 Å². The molecule has 1 aromatic rings. The van der Waals surface area contributed by atoms with Gasteiger partial charge in [-0.05, 0) is 38.7 Å². The summed E-state index contributed by atoms with van der Waals surface area (Å²) >= 11 is 0. The lowest BCUT2D eigenvalue weighted by Crippen LogP contribution is -2.54. The first-order valence-electron chi connectivity index (χ1n) is 7.77. The summed E-state index contributed by atoms with van der Waals surface area (Å²) in [5.41, 5.74) is -7.07. The van der Waals surface area contributed by atoms with Gasteiger partial charge in [-0.1, -0.05) is 24.3 Å². The molecule has 1 fully saturated rings. The van der Waals surface area contributed by atoms with Crippen LogP contribution in [-0.4, -0.2) is 36.3 Å². The molecule has 0 bridgehead atoms. The largest absolute Gasteiger partial charge is 0.494 e. The minimum absolute atomic E-state index is 0.216. The third-order valence-electron chi connectivity index (χ3n) is 4.82. The number of hydrogen-bond donors (Lipinski definition) is 0. The highest BCUT2D eigenvalue weighted by Crippen LogP contribution is 2.48. The van der Waals surface area contributed by atoms with Crippen LogP contribution in [0.15, 0.2) is 24.3 Å². The topological polar surface area (TPSA) is 18.5 Å². The van der Waals surface area contributed by atoms with E-state index in [0.29, 0.717) is 0 Å². The van der Waals surface area contributed by atoms with Crippen LogP contribution >= 0.6 is 0 Å². The Morgan fingerprint density at radius 3 is 1.73 bits per heavy atom. The van der Waals surface area contributed by atoms with Crippen molar-refractivity contribution in [2.24, 2.45) is 0 Å². The van der Waals surface area contributed by atoms with Crippen LogP contribution in [0.3, 0.4) is 0 Å². The molecule has 1 aliphatic heterocycles. The van der Waals surface area contributed by atoms with Gasteiger partial charge in [-0.2, -0.15) is 26.3 Å². The van der Waals surface area contributed by atoms with Gasteiger partial charge in [-0.3, -0.25) is 0 Å². The maximum atomic E-state index is 13.9. The number of alkyl halides is 7. The molecule has 0 saturated carbocycles. The van der Waals surface area contributed by atoms with Crippen molar-refractivity contribution in [1.29, 1.82) is 0 Å². The maximum Gasteiger partial charge on any atom is 0.494 e. The second kappa shape index (κ2) is 6.12. The Balaban J connectivity index is 2.33. The van der Waals surface area contributed by atoms with Gasteiger partial charge in [0.05, 0.1) is 11.2 Å². The van der Waals surface area contributed by atoms with Gasteiger partial charge in [0.25, 0.3) is 0 Å². The van der Waals surface area contributed by atoms with Gasteiger partial charge in [0.1, 0.15) is 0 Å². The summed E-state index contributed by atoms with van der Waals surface area (Å²) in [7, 11) is -0.981. The van der Waals surface area contributed by atoms with Gasteiger partial charge < -0.3 is 9.31 Å². The van der Waals surface area contributed by atoms with Crippen molar-refractivity contribution >= 4 is 12.6 Å². The monoisotopic (exact) mass is 386 g/mol. The van der Waals surface area contributed by atoms with Crippen molar-refractivity contribution < 1.29 is 40.0 Å². The highest BCUT2D eigenvalue weighted by molar-refractivity contribution is 6.62. The van der Waals surface area contributed by atoms with Crippen molar-refractivity contribution in [3.05, 3.63) is 29.8 Å². The highest BCUT2D eigenvalue weighted by Gasteiger charge is 2.72. The van der Waals surface area contributed by atoms with E-state index in [4.69, 9.17) is 9.31 Å². The summed E-state index contributed by atoms with van der Waals surface area (Å²) in [5.74, 6) is 0. The SMILES string of the molecule is CC1(C)OB(c2cccc(CC(F)(C(F)(F)F)C(F)(F)F)c2)OC1(C)C. The van der Waals surface area contributed by atoms with Crippen LogP contribution in [0, 0.1) is 0 Å². The van der Waals surface area contributed by atoms with E-state index in [1.54, 1.807) is 27.7 Å². The van der Waals surface area contributed by atoms with Crippen molar-refractivity contribution in [2.45, 2.75) is 63.3 Å². The summed E-state index contributed by atoms with van der Waals surface area (Å²) in [4.78, 5) is 0. The molecule has 1 heterocycles. The molecule has 10 heteroatoms. The van der Waals surface area contributed by atoms with Crippen LogP contribution in [0.25, 0.3) is 0 Å². The molecule has 1 saturated heterocycles. The molecule has 2 rings (SSSR count). The number of hydrogen-bond acceptors (Lipinski definition) is 2. The van der Waals surface area contributed by atoms with E-state index in [0.717, 1.165) is 12.1 Å². The Kier molecular flexibility index (Phi) is 4.95. The van der Waals surface area contributed by atoms with Gasteiger partial charge in [-0.15, -0.1) is 0 Å². The zero-order valence-electron chi connectivity index (χ0n) is 14.6. The number of rotatable bonds is 3. The van der Waals surface area contributed by atoms with Gasteiger partial charge in [-0.25, -0.2) is 4.39 Å². The second-order valence-electron chi connectivity index (χ2n) is 7.31. The third kappa shape index (κ3) is 3.58. The van der Waals surface area contributed by atoms with Crippen LogP contribution in [0.1, 0.15) is 33.3 Å². The normalized spacial score (nSPS) is 20.5. The van der Waals surface area contributed by atoms with Crippen LogP contribution in [0.4, 0.5) is 30.7 Å². The minimum atomic E-state index is -6.09. The predicted octanol–water partition coefficient (Wildman–Crippen LogP) is 4.36. The van der Waals surface area contributed by atoms with E-state index >= 15 is 0 Å². The average molecular weight is 386 g/mol. The molecule has 0 amide bonds. The Hall–Kier alpha value is -1.29. The molecular weight excluding hydrogens is 368 g/mol. The standard InChI is InChI=1S/C16H18BF7O2/c1-12(2)13(3,4)26-17(25-12)11-7-5-6-10(8-11)9-14(18,15(19,20)21)16(22,23)24/h5-8H,9H2,1-4H3. The van der Waals surface area contributed by atoms with Crippen molar-refractivity contribution in [3.63, 3.8) is 0 Å². The summed E-state index contributed by atoms with van der Waals surface area (Å²) in [6.07, 6.45) is -14.1. The summed E-state index contributed by atoms with van der Waals surface area (Å²) in [6.45, 7) is 6.99. The predicted molar refractivity (Wildman–Crippen MR) is 81.8 cm³/mol. The quantitative estimate of drug-likeness (QED) is 0.568. The first-order chi connectivity index (χ1) is 11.5. The van der Waals surface area contributed by atoms with E-state index in [-0.39, 0.29) is 5.46 Å². The summed E-state index contributed by atoms with van der Waals surface area (Å²) < 4.78 is 102. The molecule has 0 unspecified atom stereocenters. The van der Waals surface area contributed by atoms with Crippen molar-refractivity contribution in [1.82, 2.24) is 0 Å². The molecule has 26 heavy (non-hydrogen) atoms. The van der Waals surface area contributed by atoms with Crippen molar-refractivity contribution in [2.75, 3.05) is 0 Å². The van der Waals surface area contributed by atoms with E-state index in [1.165, 1.54) is 12.1 Å². The molecule has 0 aromatic heterocycles. The van der Waals surface area contributed by atoms with E-state index in [1.807, 2.05) is 0 Å². The molecule has 1 aliphatic rings. The fourth-order valence-corrected chi connectivity index (χ4v) is 2.47. The molecule has 0 N–H and O–H groups in total. The molecule has 2 nitrogen and oxygen atoms in total. The zero-order chi connectivity index (χ0) is 20.2. The van der Waals surface area contributed by atoms with Crippen LogP contribution in [0.5, 0.6) is 0 Å². The third-order valence-corrected chi connectivity index (χ3v) is 4.82. The lowest BCUT2D eigenvalue weighted by Gasteiger charge is -2.32. The van der Waals surface area contributed by atoms with Gasteiger partial charge >= 0.3 is 25.1 Å². The zero-order valence-corrected chi connectivity index (χ0v) is 14.6. The molecule has 0 aliphatic carbocycles. The minimum Gasteiger partial charge on any atom is -0.399 e. The Bertz CT molecular complexity index is 637. The highest BCUT2D eigenvalue weighted by atomic mass is 19.4. The first kappa shape index (κ1) is 21.0. The number of benzene rings is 1. The van der Waals surface area contributed by atoms with Gasteiger partial charge in [0.15, 0.2) is 0 Å². The van der Waals surface area contributed by atoms with E-state index < -0.39 is 48.3 Å². The average Bonchev–Trinajstić information content (AvgIpc) is 2.65. The van der Waals surface area contributed by atoms with Gasteiger partial charge in [0.2, 0.25) is 0 Å². The second-order valence-corrected chi connectivity index (χ2v) is 7.31. The molecular formula is C16H18BF7O2. The molecule has 0 atom stereocenters. The lowest BCUT2D eigenvalue weighted by atomic mass is 9.77. The lowest BCUT2D eigenvalue weighted by molar-refractivity contribution is -0.340. The Labute approximate surface area is 146 Å². The number of halogens is 7. The summed E-state index contributed by atoms with van der Waals surface area (Å²) in [5, 5.41) is 0.